The SMILES string of the molecule is O=C1NC(=O)/C(=C/c2cc(Br)cc(Cl)c2O)N1. The zero-order valence-corrected chi connectivity index (χ0v) is 10.6. The Balaban J connectivity index is 2.46. The molecule has 2 rings (SSSR count). The maximum Gasteiger partial charge on any atom is 0.326 e. The Kier molecular flexibility index (Phi) is 3.08. The topological polar surface area (TPSA) is 78.4 Å². The van der Waals surface area contributed by atoms with E-state index in [2.05, 4.69) is 26.6 Å². The number of aromatic hydroxyl groups is 1. The number of halogens is 2. The lowest BCUT2D eigenvalue weighted by Gasteiger charge is -2.03. The van der Waals surface area contributed by atoms with Gasteiger partial charge in [0.25, 0.3) is 5.91 Å². The van der Waals surface area contributed by atoms with Gasteiger partial charge in [-0.3, -0.25) is 10.1 Å². The van der Waals surface area contributed by atoms with Gasteiger partial charge in [0.05, 0.1) is 5.02 Å². The first-order chi connectivity index (χ1) is 7.97. The predicted molar refractivity (Wildman–Crippen MR) is 65.5 cm³/mol. The normalized spacial score (nSPS) is 17.2. The third kappa shape index (κ3) is 2.42. The summed E-state index contributed by atoms with van der Waals surface area (Å²) in [6.07, 6.45) is 1.34. The molecule has 0 bridgehead atoms. The van der Waals surface area contributed by atoms with E-state index < -0.39 is 11.9 Å². The molecule has 5 nitrogen and oxygen atoms in total. The molecule has 1 fully saturated rings. The number of carbonyl (C=O) groups is 2. The Labute approximate surface area is 110 Å². The first-order valence-electron chi connectivity index (χ1n) is 4.49. The molecule has 0 atom stereocenters. The summed E-state index contributed by atoms with van der Waals surface area (Å²) >= 11 is 8.98. The minimum absolute atomic E-state index is 0.0551. The summed E-state index contributed by atoms with van der Waals surface area (Å²) in [5, 5.41) is 14.2. The molecule has 0 spiro atoms. The third-order valence-corrected chi connectivity index (χ3v) is 2.82. The van der Waals surface area contributed by atoms with Crippen LogP contribution in [0.2, 0.25) is 5.02 Å². The number of imide groups is 1. The Hall–Kier alpha value is -1.53. The Morgan fingerprint density at radius 2 is 2.00 bits per heavy atom. The van der Waals surface area contributed by atoms with Gasteiger partial charge in [0.15, 0.2) is 0 Å². The Morgan fingerprint density at radius 3 is 2.59 bits per heavy atom. The number of phenols is 1. The molecule has 1 aromatic carbocycles. The lowest BCUT2D eigenvalue weighted by molar-refractivity contribution is -0.115. The molecule has 88 valence electrons. The van der Waals surface area contributed by atoms with Crippen LogP contribution in [0.3, 0.4) is 0 Å². The van der Waals surface area contributed by atoms with Crippen LogP contribution in [0.25, 0.3) is 6.08 Å². The highest BCUT2D eigenvalue weighted by Gasteiger charge is 2.23. The van der Waals surface area contributed by atoms with Crippen LogP contribution in [0.1, 0.15) is 5.56 Å². The number of amides is 3. The van der Waals surface area contributed by atoms with Crippen molar-refractivity contribution in [2.75, 3.05) is 0 Å². The highest BCUT2D eigenvalue weighted by atomic mass is 79.9. The third-order valence-electron chi connectivity index (χ3n) is 2.08. The number of carbonyl (C=O) groups excluding carboxylic acids is 2. The van der Waals surface area contributed by atoms with Gasteiger partial charge in [-0.1, -0.05) is 27.5 Å². The second kappa shape index (κ2) is 4.38. The van der Waals surface area contributed by atoms with E-state index in [0.29, 0.717) is 10.0 Å². The zero-order chi connectivity index (χ0) is 12.6. The van der Waals surface area contributed by atoms with Gasteiger partial charge in [0.2, 0.25) is 0 Å². The van der Waals surface area contributed by atoms with Gasteiger partial charge < -0.3 is 10.4 Å². The first kappa shape index (κ1) is 11.9. The fraction of sp³-hybridized carbons (Fsp3) is 0. The van der Waals surface area contributed by atoms with Gasteiger partial charge >= 0.3 is 6.03 Å². The van der Waals surface area contributed by atoms with Crippen LogP contribution >= 0.6 is 27.5 Å². The predicted octanol–water partition coefficient (Wildman–Crippen LogP) is 1.99. The van der Waals surface area contributed by atoms with E-state index in [4.69, 9.17) is 11.6 Å². The van der Waals surface area contributed by atoms with Crippen LogP contribution in [0.4, 0.5) is 4.79 Å². The Bertz CT molecular complexity index is 557. The number of benzene rings is 1. The fourth-order valence-electron chi connectivity index (χ4n) is 1.33. The molecule has 3 N–H and O–H groups in total. The van der Waals surface area contributed by atoms with Crippen molar-refractivity contribution in [3.05, 3.63) is 32.9 Å². The van der Waals surface area contributed by atoms with Crippen molar-refractivity contribution in [2.24, 2.45) is 0 Å². The van der Waals surface area contributed by atoms with Crippen molar-refractivity contribution >= 4 is 45.5 Å². The molecular formula is C10H6BrClN2O3. The minimum atomic E-state index is -0.596. The smallest absolute Gasteiger partial charge is 0.326 e. The van der Waals surface area contributed by atoms with Crippen molar-refractivity contribution in [3.63, 3.8) is 0 Å². The van der Waals surface area contributed by atoms with Crippen molar-refractivity contribution in [1.82, 2.24) is 10.6 Å². The summed E-state index contributed by atoms with van der Waals surface area (Å²) < 4.78 is 0.650. The van der Waals surface area contributed by atoms with Crippen molar-refractivity contribution in [1.29, 1.82) is 0 Å². The average Bonchev–Trinajstić information content (AvgIpc) is 2.53. The van der Waals surface area contributed by atoms with Crippen LogP contribution in [-0.2, 0) is 4.79 Å². The van der Waals surface area contributed by atoms with E-state index in [9.17, 15) is 14.7 Å². The second-order valence-electron chi connectivity index (χ2n) is 3.29. The zero-order valence-electron chi connectivity index (χ0n) is 8.25. The quantitative estimate of drug-likeness (QED) is 0.547. The summed E-state index contributed by atoms with van der Waals surface area (Å²) in [7, 11) is 0. The Morgan fingerprint density at radius 1 is 1.29 bits per heavy atom. The van der Waals surface area contributed by atoms with Gasteiger partial charge in [0, 0.05) is 10.0 Å². The molecule has 1 aliphatic rings. The summed E-state index contributed by atoms with van der Waals surface area (Å²) in [6.45, 7) is 0. The van der Waals surface area contributed by atoms with E-state index in [1.807, 2.05) is 0 Å². The van der Waals surface area contributed by atoms with Crippen molar-refractivity contribution < 1.29 is 14.7 Å². The molecule has 0 aromatic heterocycles. The molecule has 0 radical (unpaired) electrons. The van der Waals surface area contributed by atoms with E-state index >= 15 is 0 Å². The van der Waals surface area contributed by atoms with Gasteiger partial charge in [0.1, 0.15) is 11.4 Å². The number of urea groups is 1. The molecule has 3 amide bonds. The van der Waals surface area contributed by atoms with E-state index in [1.165, 1.54) is 12.1 Å². The summed E-state index contributed by atoms with van der Waals surface area (Å²) in [4.78, 5) is 22.2. The summed E-state index contributed by atoms with van der Waals surface area (Å²) in [5.41, 5.74) is 0.385. The molecule has 1 saturated heterocycles. The maximum atomic E-state index is 11.3. The van der Waals surface area contributed by atoms with E-state index in [-0.39, 0.29) is 16.5 Å². The first-order valence-corrected chi connectivity index (χ1v) is 5.66. The number of hydrogen-bond donors (Lipinski definition) is 3. The summed E-state index contributed by atoms with van der Waals surface area (Å²) in [6, 6.07) is 2.50. The molecule has 0 unspecified atom stereocenters. The van der Waals surface area contributed by atoms with Gasteiger partial charge in [-0.2, -0.15) is 0 Å². The fourth-order valence-corrected chi connectivity index (χ4v) is 2.17. The number of hydrogen-bond acceptors (Lipinski definition) is 3. The summed E-state index contributed by atoms with van der Waals surface area (Å²) in [5.74, 6) is -0.707. The second-order valence-corrected chi connectivity index (χ2v) is 4.61. The molecule has 0 aliphatic carbocycles. The van der Waals surface area contributed by atoms with Gasteiger partial charge in [-0.15, -0.1) is 0 Å². The van der Waals surface area contributed by atoms with Crippen LogP contribution in [-0.4, -0.2) is 17.0 Å². The van der Waals surface area contributed by atoms with Crippen molar-refractivity contribution in [2.45, 2.75) is 0 Å². The standard InChI is InChI=1S/C10H6BrClN2O3/c11-5-1-4(8(15)6(12)3-5)2-7-9(16)14-10(17)13-7/h1-3,15H,(H2,13,14,16,17)/b7-2-. The van der Waals surface area contributed by atoms with Crippen LogP contribution in [0.15, 0.2) is 22.3 Å². The van der Waals surface area contributed by atoms with Crippen LogP contribution in [0, 0.1) is 0 Å². The van der Waals surface area contributed by atoms with Gasteiger partial charge in [-0.05, 0) is 18.2 Å². The lowest BCUT2D eigenvalue weighted by atomic mass is 10.1. The number of phenolic OH excluding ortho intramolecular Hbond substituents is 1. The highest BCUT2D eigenvalue weighted by Crippen LogP contribution is 2.32. The lowest BCUT2D eigenvalue weighted by Crippen LogP contribution is -2.22. The molecule has 1 aliphatic heterocycles. The average molecular weight is 318 g/mol. The molecule has 17 heavy (non-hydrogen) atoms. The largest absolute Gasteiger partial charge is 0.506 e. The molecular weight excluding hydrogens is 311 g/mol. The molecule has 0 saturated carbocycles. The van der Waals surface area contributed by atoms with E-state index in [1.54, 1.807) is 6.07 Å². The molecule has 7 heteroatoms. The number of rotatable bonds is 1. The maximum absolute atomic E-state index is 11.3. The van der Waals surface area contributed by atoms with Crippen molar-refractivity contribution in [3.8, 4) is 5.75 Å². The highest BCUT2D eigenvalue weighted by molar-refractivity contribution is 9.10. The van der Waals surface area contributed by atoms with E-state index in [0.717, 1.165) is 0 Å². The van der Waals surface area contributed by atoms with Crippen LogP contribution < -0.4 is 10.6 Å². The number of nitrogens with one attached hydrogen (secondary N) is 2. The molecule has 1 aromatic rings. The van der Waals surface area contributed by atoms with Gasteiger partial charge in [-0.25, -0.2) is 4.79 Å². The van der Waals surface area contributed by atoms with Crippen LogP contribution in [0.5, 0.6) is 5.75 Å². The molecule has 1 heterocycles. The minimum Gasteiger partial charge on any atom is -0.506 e. The monoisotopic (exact) mass is 316 g/mol.